The van der Waals surface area contributed by atoms with Gasteiger partial charge in [0.2, 0.25) is 0 Å². The van der Waals surface area contributed by atoms with Crippen LogP contribution >= 0.6 is 0 Å². The van der Waals surface area contributed by atoms with Gasteiger partial charge in [-0.2, -0.15) is 13.2 Å². The number of nitrogens with zero attached hydrogens (tertiary/aromatic N) is 2. The molecule has 0 atom stereocenters. The average molecular weight is 420 g/mol. The molecule has 0 spiro atoms. The number of anilines is 3. The minimum atomic E-state index is -4.50. The zero-order valence-electron chi connectivity index (χ0n) is 16.7. The van der Waals surface area contributed by atoms with Gasteiger partial charge in [-0.1, -0.05) is 6.07 Å². The molecular formula is C21H23F3N4O2. The monoisotopic (exact) mass is 420 g/mol. The van der Waals surface area contributed by atoms with Crippen molar-refractivity contribution in [3.05, 3.63) is 53.6 Å². The molecule has 9 heteroatoms. The summed E-state index contributed by atoms with van der Waals surface area (Å²) in [6, 6.07) is 8.62. The fraction of sp³-hybridized carbons (Fsp3) is 0.333. The molecule has 1 aliphatic heterocycles. The highest BCUT2D eigenvalue weighted by molar-refractivity contribution is 6.04. The van der Waals surface area contributed by atoms with Crippen molar-refractivity contribution < 1.29 is 22.8 Å². The maximum absolute atomic E-state index is 12.9. The maximum Gasteiger partial charge on any atom is 0.416 e. The molecule has 0 radical (unpaired) electrons. The number of alkyl halides is 3. The number of amides is 3. The van der Waals surface area contributed by atoms with E-state index in [-0.39, 0.29) is 11.6 Å². The van der Waals surface area contributed by atoms with Crippen LogP contribution in [0.4, 0.5) is 35.0 Å². The van der Waals surface area contributed by atoms with Crippen LogP contribution in [-0.2, 0) is 6.18 Å². The van der Waals surface area contributed by atoms with E-state index in [1.807, 2.05) is 19.0 Å². The van der Waals surface area contributed by atoms with Crippen molar-refractivity contribution in [2.24, 2.45) is 0 Å². The fourth-order valence-corrected chi connectivity index (χ4v) is 3.33. The number of nitrogens with one attached hydrogen (secondary N) is 2. The summed E-state index contributed by atoms with van der Waals surface area (Å²) in [6.45, 7) is 1.39. The van der Waals surface area contributed by atoms with Gasteiger partial charge in [0.15, 0.2) is 0 Å². The standard InChI is InChI=1S/C21H23F3N4O2/c1-27(2)18-9-8-16(13-17(18)19(29)28-10-3-4-11-28)26-20(30)25-15-7-5-6-14(12-15)21(22,23)24/h5-9,12-13H,3-4,10-11H2,1-2H3,(H2,25,26,30). The fourth-order valence-electron chi connectivity index (χ4n) is 3.33. The van der Waals surface area contributed by atoms with E-state index in [4.69, 9.17) is 0 Å². The smallest absolute Gasteiger partial charge is 0.377 e. The van der Waals surface area contributed by atoms with Crippen LogP contribution in [0.2, 0.25) is 0 Å². The Kier molecular flexibility index (Phi) is 6.19. The van der Waals surface area contributed by atoms with Gasteiger partial charge in [0.05, 0.1) is 11.1 Å². The topological polar surface area (TPSA) is 64.7 Å². The predicted molar refractivity (Wildman–Crippen MR) is 110 cm³/mol. The van der Waals surface area contributed by atoms with E-state index in [1.54, 1.807) is 23.1 Å². The quantitative estimate of drug-likeness (QED) is 0.757. The van der Waals surface area contributed by atoms with Crippen LogP contribution in [-0.4, -0.2) is 44.0 Å². The zero-order chi connectivity index (χ0) is 21.9. The largest absolute Gasteiger partial charge is 0.416 e. The Hall–Kier alpha value is -3.23. The first-order valence-corrected chi connectivity index (χ1v) is 9.51. The molecule has 2 aromatic rings. The first-order chi connectivity index (χ1) is 14.1. The lowest BCUT2D eigenvalue weighted by Gasteiger charge is -2.22. The maximum atomic E-state index is 12.9. The molecule has 3 rings (SSSR count). The number of rotatable bonds is 4. The number of halogens is 3. The molecule has 30 heavy (non-hydrogen) atoms. The normalized spacial score (nSPS) is 13.8. The SMILES string of the molecule is CN(C)c1ccc(NC(=O)Nc2cccc(C(F)(F)F)c2)cc1C(=O)N1CCCC1. The van der Waals surface area contributed by atoms with Gasteiger partial charge in [0, 0.05) is 44.2 Å². The third-order valence-corrected chi connectivity index (χ3v) is 4.81. The van der Waals surface area contributed by atoms with Gasteiger partial charge in [-0.3, -0.25) is 4.79 Å². The number of hydrogen-bond donors (Lipinski definition) is 2. The van der Waals surface area contributed by atoms with Crippen molar-refractivity contribution in [1.82, 2.24) is 4.90 Å². The number of likely N-dealkylation sites (tertiary alicyclic amines) is 1. The Morgan fingerprint density at radius 2 is 1.60 bits per heavy atom. The minimum Gasteiger partial charge on any atom is -0.377 e. The van der Waals surface area contributed by atoms with Gasteiger partial charge in [0.1, 0.15) is 0 Å². The number of benzene rings is 2. The Morgan fingerprint density at radius 3 is 2.20 bits per heavy atom. The second-order valence-electron chi connectivity index (χ2n) is 7.28. The molecule has 1 saturated heterocycles. The summed E-state index contributed by atoms with van der Waals surface area (Å²) in [7, 11) is 3.65. The van der Waals surface area contributed by atoms with Gasteiger partial charge in [-0.05, 0) is 49.2 Å². The van der Waals surface area contributed by atoms with Crippen LogP contribution in [0, 0.1) is 0 Å². The van der Waals surface area contributed by atoms with Crippen LogP contribution in [0.1, 0.15) is 28.8 Å². The van der Waals surface area contributed by atoms with Crippen molar-refractivity contribution in [3.8, 4) is 0 Å². The first kappa shape index (κ1) is 21.5. The third-order valence-electron chi connectivity index (χ3n) is 4.81. The minimum absolute atomic E-state index is 0.0144. The van der Waals surface area contributed by atoms with E-state index in [0.29, 0.717) is 24.3 Å². The highest BCUT2D eigenvalue weighted by atomic mass is 19.4. The van der Waals surface area contributed by atoms with E-state index in [1.165, 1.54) is 12.1 Å². The van der Waals surface area contributed by atoms with Crippen molar-refractivity contribution in [1.29, 1.82) is 0 Å². The number of hydrogen-bond acceptors (Lipinski definition) is 3. The van der Waals surface area contributed by atoms with E-state index in [2.05, 4.69) is 10.6 Å². The Bertz CT molecular complexity index is 938. The summed E-state index contributed by atoms with van der Waals surface area (Å²) in [5.74, 6) is -0.113. The van der Waals surface area contributed by atoms with Crippen LogP contribution in [0.25, 0.3) is 0 Å². The summed E-state index contributed by atoms with van der Waals surface area (Å²) in [5, 5.41) is 4.97. The lowest BCUT2D eigenvalue weighted by molar-refractivity contribution is -0.137. The highest BCUT2D eigenvalue weighted by Crippen LogP contribution is 2.31. The van der Waals surface area contributed by atoms with Crippen molar-refractivity contribution in [3.63, 3.8) is 0 Å². The number of urea groups is 1. The van der Waals surface area contributed by atoms with Crippen molar-refractivity contribution >= 4 is 29.0 Å². The molecule has 0 saturated carbocycles. The summed E-state index contributed by atoms with van der Waals surface area (Å²) in [5.41, 5.74) is 0.705. The molecule has 1 heterocycles. The Balaban J connectivity index is 1.77. The van der Waals surface area contributed by atoms with Crippen LogP contribution < -0.4 is 15.5 Å². The molecule has 2 N–H and O–H groups in total. The predicted octanol–water partition coefficient (Wildman–Crippen LogP) is 4.65. The molecule has 160 valence electrons. The summed E-state index contributed by atoms with van der Waals surface area (Å²) in [6.07, 6.45) is -2.58. The van der Waals surface area contributed by atoms with Crippen LogP contribution in [0.3, 0.4) is 0 Å². The number of carbonyl (C=O) groups excluding carboxylic acids is 2. The molecule has 0 aliphatic carbocycles. The summed E-state index contributed by atoms with van der Waals surface area (Å²) < 4.78 is 38.5. The molecule has 1 fully saturated rings. The lowest BCUT2D eigenvalue weighted by Crippen LogP contribution is -2.29. The molecule has 0 unspecified atom stereocenters. The molecule has 2 aromatic carbocycles. The summed E-state index contributed by atoms with van der Waals surface area (Å²) in [4.78, 5) is 28.8. The Labute approximate surface area is 172 Å². The second kappa shape index (κ2) is 8.64. The molecule has 6 nitrogen and oxygen atoms in total. The van der Waals surface area contributed by atoms with Crippen LogP contribution in [0.15, 0.2) is 42.5 Å². The van der Waals surface area contributed by atoms with Gasteiger partial charge >= 0.3 is 12.2 Å². The zero-order valence-corrected chi connectivity index (χ0v) is 16.7. The van der Waals surface area contributed by atoms with Gasteiger partial charge in [-0.25, -0.2) is 4.79 Å². The van der Waals surface area contributed by atoms with Gasteiger partial charge in [-0.15, -0.1) is 0 Å². The van der Waals surface area contributed by atoms with Crippen molar-refractivity contribution in [2.75, 3.05) is 42.7 Å². The molecule has 0 aromatic heterocycles. The van der Waals surface area contributed by atoms with E-state index in [0.717, 1.165) is 30.7 Å². The molecule has 0 bridgehead atoms. The highest BCUT2D eigenvalue weighted by Gasteiger charge is 2.30. The molecule has 1 aliphatic rings. The molecule has 3 amide bonds. The average Bonchev–Trinajstić information content (AvgIpc) is 3.21. The van der Waals surface area contributed by atoms with E-state index in [9.17, 15) is 22.8 Å². The van der Waals surface area contributed by atoms with Crippen molar-refractivity contribution in [2.45, 2.75) is 19.0 Å². The Morgan fingerprint density at radius 1 is 0.967 bits per heavy atom. The van der Waals surface area contributed by atoms with Gasteiger partial charge < -0.3 is 20.4 Å². The first-order valence-electron chi connectivity index (χ1n) is 9.51. The van der Waals surface area contributed by atoms with E-state index >= 15 is 0 Å². The van der Waals surface area contributed by atoms with Gasteiger partial charge in [0.25, 0.3) is 5.91 Å². The number of carbonyl (C=O) groups is 2. The summed E-state index contributed by atoms with van der Waals surface area (Å²) >= 11 is 0. The van der Waals surface area contributed by atoms with E-state index < -0.39 is 17.8 Å². The second-order valence-corrected chi connectivity index (χ2v) is 7.28. The molecular weight excluding hydrogens is 397 g/mol. The lowest BCUT2D eigenvalue weighted by atomic mass is 10.1. The van der Waals surface area contributed by atoms with Crippen LogP contribution in [0.5, 0.6) is 0 Å². The third kappa shape index (κ3) is 5.03.